The van der Waals surface area contributed by atoms with Crippen molar-refractivity contribution in [2.75, 3.05) is 20.2 Å². The molecule has 0 spiro atoms. The van der Waals surface area contributed by atoms with Crippen molar-refractivity contribution in [2.24, 2.45) is 0 Å². The fraction of sp³-hybridized carbons (Fsp3) is 0.579. The fourth-order valence-electron chi connectivity index (χ4n) is 3.16. The van der Waals surface area contributed by atoms with Crippen LogP contribution in [0, 0.1) is 0 Å². The Balaban J connectivity index is 2.51. The molecule has 0 amide bonds. The number of methoxy groups -OCH3 is 1. The molecule has 1 aromatic rings. The third kappa shape index (κ3) is 3.64. The molecule has 0 fully saturated rings. The van der Waals surface area contributed by atoms with E-state index >= 15 is 0 Å². The second kappa shape index (κ2) is 7.68. The number of unbranched alkanes of at least 4 members (excludes halogenated alkanes) is 2. The van der Waals surface area contributed by atoms with Gasteiger partial charge in [0.1, 0.15) is 5.75 Å². The van der Waals surface area contributed by atoms with Gasteiger partial charge in [-0.1, -0.05) is 32.8 Å². The summed E-state index contributed by atoms with van der Waals surface area (Å²) in [6, 6.07) is 4.46. The highest BCUT2D eigenvalue weighted by Crippen LogP contribution is 2.52. The summed E-state index contributed by atoms with van der Waals surface area (Å²) in [5.41, 5.74) is -2.86. The molecule has 1 N–H and O–H groups in total. The molecular formula is C19H26F3NO2. The van der Waals surface area contributed by atoms with Crippen LogP contribution in [-0.2, 0) is 5.60 Å². The third-order valence-corrected chi connectivity index (χ3v) is 4.63. The minimum atomic E-state index is -4.81. The summed E-state index contributed by atoms with van der Waals surface area (Å²) in [4.78, 5) is 1.69. The summed E-state index contributed by atoms with van der Waals surface area (Å²) >= 11 is 0. The molecule has 0 saturated heterocycles. The summed E-state index contributed by atoms with van der Waals surface area (Å²) in [5.74, 6) is 0.296. The topological polar surface area (TPSA) is 32.7 Å². The number of benzene rings is 1. The van der Waals surface area contributed by atoms with E-state index < -0.39 is 11.8 Å². The molecule has 1 aliphatic rings. The molecule has 3 nitrogen and oxygen atoms in total. The number of ether oxygens (including phenoxy) is 1. The molecule has 1 atom stereocenters. The van der Waals surface area contributed by atoms with Gasteiger partial charge >= 0.3 is 6.18 Å². The number of hydrogen-bond donors (Lipinski definition) is 1. The Hall–Kier alpha value is -1.69. The smallest absolute Gasteiger partial charge is 0.427 e. The Bertz CT molecular complexity index is 620. The molecule has 140 valence electrons. The van der Waals surface area contributed by atoms with Gasteiger partial charge in [-0.05, 0) is 36.6 Å². The maximum Gasteiger partial charge on any atom is 0.427 e. The van der Waals surface area contributed by atoms with Crippen molar-refractivity contribution in [3.8, 4) is 5.75 Å². The number of aliphatic hydroxyl groups is 1. The fourth-order valence-corrected chi connectivity index (χ4v) is 3.16. The van der Waals surface area contributed by atoms with Crippen molar-refractivity contribution in [1.82, 2.24) is 4.90 Å². The standard InChI is InChI=1S/C19H26F3NO2/c1-4-6-10-23(11-7-5-2)17-12-14-8-9-15(25-3)13-16(14)18(17,24)19(20,21)22/h8-9,12-13,24H,4-7,10-11H2,1-3H3. The lowest BCUT2D eigenvalue weighted by Crippen LogP contribution is -2.48. The summed E-state index contributed by atoms with van der Waals surface area (Å²) in [6.07, 6.45) is -0.0493. The van der Waals surface area contributed by atoms with Crippen LogP contribution in [0.4, 0.5) is 13.2 Å². The lowest BCUT2D eigenvalue weighted by atomic mass is 9.91. The van der Waals surface area contributed by atoms with Crippen molar-refractivity contribution in [1.29, 1.82) is 0 Å². The van der Waals surface area contributed by atoms with Crippen LogP contribution >= 0.6 is 0 Å². The van der Waals surface area contributed by atoms with Crippen LogP contribution in [0.15, 0.2) is 23.9 Å². The van der Waals surface area contributed by atoms with Gasteiger partial charge < -0.3 is 14.7 Å². The van der Waals surface area contributed by atoms with E-state index in [1.165, 1.54) is 19.3 Å². The zero-order valence-corrected chi connectivity index (χ0v) is 15.0. The van der Waals surface area contributed by atoms with Gasteiger partial charge in [0.15, 0.2) is 0 Å². The molecule has 1 aliphatic carbocycles. The largest absolute Gasteiger partial charge is 0.497 e. The van der Waals surface area contributed by atoms with Crippen LogP contribution < -0.4 is 4.74 Å². The number of alkyl halides is 3. The van der Waals surface area contributed by atoms with E-state index in [1.807, 2.05) is 13.8 Å². The second-order valence-corrected chi connectivity index (χ2v) is 6.39. The molecule has 6 heteroatoms. The molecule has 0 radical (unpaired) electrons. The average Bonchev–Trinajstić information content (AvgIpc) is 2.88. The Morgan fingerprint density at radius 1 is 1.12 bits per heavy atom. The van der Waals surface area contributed by atoms with E-state index in [9.17, 15) is 18.3 Å². The zero-order chi connectivity index (χ0) is 18.7. The SMILES string of the molecule is CCCCN(CCCC)C1=Cc2ccc(OC)cc2C1(O)C(F)(F)F. The maximum absolute atomic E-state index is 14.0. The van der Waals surface area contributed by atoms with Gasteiger partial charge in [0, 0.05) is 18.7 Å². The van der Waals surface area contributed by atoms with Gasteiger partial charge in [0.05, 0.1) is 12.8 Å². The third-order valence-electron chi connectivity index (χ3n) is 4.63. The van der Waals surface area contributed by atoms with Gasteiger partial charge in [0.2, 0.25) is 5.60 Å². The molecule has 25 heavy (non-hydrogen) atoms. The number of rotatable bonds is 8. The Labute approximate surface area is 147 Å². The molecule has 0 heterocycles. The lowest BCUT2D eigenvalue weighted by Gasteiger charge is -2.37. The Kier molecular flexibility index (Phi) is 6.03. The highest BCUT2D eigenvalue weighted by molar-refractivity contribution is 5.69. The highest BCUT2D eigenvalue weighted by Gasteiger charge is 2.61. The van der Waals surface area contributed by atoms with Crippen molar-refractivity contribution in [2.45, 2.75) is 51.3 Å². The van der Waals surface area contributed by atoms with E-state index in [0.717, 1.165) is 25.7 Å². The summed E-state index contributed by atoms with van der Waals surface area (Å²) < 4.78 is 46.9. The van der Waals surface area contributed by atoms with Crippen LogP contribution in [-0.4, -0.2) is 36.4 Å². The zero-order valence-electron chi connectivity index (χ0n) is 15.0. The number of fused-ring (bicyclic) bond motifs is 1. The van der Waals surface area contributed by atoms with Gasteiger partial charge in [-0.2, -0.15) is 13.2 Å². The predicted molar refractivity (Wildman–Crippen MR) is 92.3 cm³/mol. The first-order valence-electron chi connectivity index (χ1n) is 8.74. The van der Waals surface area contributed by atoms with Crippen molar-refractivity contribution in [3.05, 3.63) is 35.0 Å². The van der Waals surface area contributed by atoms with Gasteiger partial charge in [-0.3, -0.25) is 0 Å². The minimum absolute atomic E-state index is 0.0786. The summed E-state index contributed by atoms with van der Waals surface area (Å²) in [6.45, 7) is 4.98. The van der Waals surface area contributed by atoms with Crippen LogP contribution in [0.3, 0.4) is 0 Å². The van der Waals surface area contributed by atoms with Crippen LogP contribution in [0.25, 0.3) is 6.08 Å². The summed E-state index contributed by atoms with van der Waals surface area (Å²) in [7, 11) is 1.40. The van der Waals surface area contributed by atoms with E-state index in [2.05, 4.69) is 0 Å². The van der Waals surface area contributed by atoms with Crippen molar-refractivity contribution < 1.29 is 23.0 Å². The van der Waals surface area contributed by atoms with E-state index in [4.69, 9.17) is 4.74 Å². The minimum Gasteiger partial charge on any atom is -0.497 e. The Morgan fingerprint density at radius 3 is 2.20 bits per heavy atom. The quantitative estimate of drug-likeness (QED) is 0.732. The molecule has 0 bridgehead atoms. The van der Waals surface area contributed by atoms with Gasteiger partial charge in [0.25, 0.3) is 0 Å². The Morgan fingerprint density at radius 2 is 1.72 bits per heavy atom. The van der Waals surface area contributed by atoms with Crippen LogP contribution in [0.2, 0.25) is 0 Å². The molecular weight excluding hydrogens is 331 g/mol. The highest BCUT2D eigenvalue weighted by atomic mass is 19.4. The van der Waals surface area contributed by atoms with E-state index in [-0.39, 0.29) is 11.3 Å². The first-order valence-corrected chi connectivity index (χ1v) is 8.74. The molecule has 0 saturated carbocycles. The number of halogens is 3. The normalized spacial score (nSPS) is 19.6. The molecule has 0 aromatic heterocycles. The van der Waals surface area contributed by atoms with Crippen LogP contribution in [0.1, 0.15) is 50.7 Å². The van der Waals surface area contributed by atoms with Gasteiger partial charge in [-0.25, -0.2) is 0 Å². The van der Waals surface area contributed by atoms with E-state index in [1.54, 1.807) is 17.0 Å². The molecule has 1 aromatic carbocycles. The average molecular weight is 357 g/mol. The van der Waals surface area contributed by atoms with Crippen LogP contribution in [0.5, 0.6) is 5.75 Å². The lowest BCUT2D eigenvalue weighted by molar-refractivity contribution is -0.254. The monoisotopic (exact) mass is 357 g/mol. The van der Waals surface area contributed by atoms with Crippen molar-refractivity contribution >= 4 is 6.08 Å². The van der Waals surface area contributed by atoms with Crippen molar-refractivity contribution in [3.63, 3.8) is 0 Å². The maximum atomic E-state index is 14.0. The molecule has 1 unspecified atom stereocenters. The number of nitrogens with zero attached hydrogens (tertiary/aromatic N) is 1. The second-order valence-electron chi connectivity index (χ2n) is 6.39. The summed E-state index contributed by atoms with van der Waals surface area (Å²) in [5, 5.41) is 10.8. The molecule has 0 aliphatic heterocycles. The number of hydrogen-bond acceptors (Lipinski definition) is 3. The predicted octanol–water partition coefficient (Wildman–Crippen LogP) is 4.70. The molecule has 2 rings (SSSR count). The van der Waals surface area contributed by atoms with Gasteiger partial charge in [-0.15, -0.1) is 0 Å². The van der Waals surface area contributed by atoms with E-state index in [0.29, 0.717) is 24.4 Å². The first-order chi connectivity index (χ1) is 11.8. The first kappa shape index (κ1) is 19.6.